The molecule has 0 aliphatic heterocycles. The minimum absolute atomic E-state index is 0.288. The zero-order valence-corrected chi connectivity index (χ0v) is 15.7. The fourth-order valence-electron chi connectivity index (χ4n) is 2.85. The minimum atomic E-state index is -0.766. The third-order valence-corrected chi connectivity index (χ3v) is 4.19. The summed E-state index contributed by atoms with van der Waals surface area (Å²) in [5, 5.41) is 0. The van der Waals surface area contributed by atoms with Crippen LogP contribution < -0.4 is 0 Å². The number of benzene rings is 1. The number of hydrogen-bond donors (Lipinski definition) is 0. The van der Waals surface area contributed by atoms with Gasteiger partial charge in [-0.15, -0.1) is 0 Å². The van der Waals surface area contributed by atoms with Gasteiger partial charge < -0.3 is 9.47 Å². The maximum absolute atomic E-state index is 11.9. The van der Waals surface area contributed by atoms with Crippen LogP contribution in [0.15, 0.2) is 30.3 Å². The molecule has 0 spiro atoms. The summed E-state index contributed by atoms with van der Waals surface area (Å²) in [7, 11) is 0. The third-order valence-electron chi connectivity index (χ3n) is 4.19. The molecule has 0 N–H and O–H groups in total. The summed E-state index contributed by atoms with van der Waals surface area (Å²) in [4.78, 5) is 23.8. The number of ether oxygens (including phenoxy) is 2. The first-order valence-corrected chi connectivity index (χ1v) is 9.56. The van der Waals surface area contributed by atoms with Gasteiger partial charge in [-0.2, -0.15) is 0 Å². The first kappa shape index (κ1) is 21.2. The molecule has 0 saturated heterocycles. The molecule has 0 fully saturated rings. The van der Waals surface area contributed by atoms with Crippen molar-refractivity contribution >= 4 is 11.9 Å². The van der Waals surface area contributed by atoms with Gasteiger partial charge >= 0.3 is 11.9 Å². The van der Waals surface area contributed by atoms with Crippen molar-refractivity contribution in [1.82, 2.24) is 0 Å². The summed E-state index contributed by atoms with van der Waals surface area (Å²) in [6.07, 6.45) is 8.27. The van der Waals surface area contributed by atoms with Crippen LogP contribution >= 0.6 is 0 Å². The predicted octanol–water partition coefficient (Wildman–Crippen LogP) is 4.70. The quantitative estimate of drug-likeness (QED) is 0.294. The Balaban J connectivity index is 2.14. The van der Waals surface area contributed by atoms with Crippen molar-refractivity contribution in [3.05, 3.63) is 35.9 Å². The number of carbonyl (C=O) groups excluding carboxylic acids is 2. The smallest absolute Gasteiger partial charge is 0.320 e. The van der Waals surface area contributed by atoms with E-state index in [0.29, 0.717) is 6.42 Å². The number of aryl methyl sites for hydroxylation is 1. The van der Waals surface area contributed by atoms with E-state index >= 15 is 0 Å². The molecule has 0 aliphatic rings. The zero-order valence-electron chi connectivity index (χ0n) is 15.7. The molecule has 0 aliphatic carbocycles. The van der Waals surface area contributed by atoms with Crippen LogP contribution in [0, 0.1) is 5.92 Å². The van der Waals surface area contributed by atoms with Crippen LogP contribution in [-0.4, -0.2) is 25.2 Å². The molecular weight excluding hydrogens is 316 g/mol. The van der Waals surface area contributed by atoms with E-state index in [0.717, 1.165) is 25.7 Å². The van der Waals surface area contributed by atoms with E-state index in [-0.39, 0.29) is 13.2 Å². The van der Waals surface area contributed by atoms with Gasteiger partial charge in [0.05, 0.1) is 13.2 Å². The molecule has 1 aromatic carbocycles. The topological polar surface area (TPSA) is 52.6 Å². The number of hydrogen-bond acceptors (Lipinski definition) is 4. The van der Waals surface area contributed by atoms with Crippen molar-refractivity contribution in [2.24, 2.45) is 5.92 Å². The van der Waals surface area contributed by atoms with E-state index in [1.54, 1.807) is 13.8 Å². The summed E-state index contributed by atoms with van der Waals surface area (Å²) in [5.74, 6) is -1.68. The highest BCUT2D eigenvalue weighted by molar-refractivity contribution is 5.94. The summed E-state index contributed by atoms with van der Waals surface area (Å²) in [6, 6.07) is 10.6. The molecule has 0 amide bonds. The Hall–Kier alpha value is -1.84. The highest BCUT2D eigenvalue weighted by Gasteiger charge is 2.28. The molecule has 0 heterocycles. The number of carbonyl (C=O) groups is 2. The van der Waals surface area contributed by atoms with E-state index in [1.807, 2.05) is 6.07 Å². The van der Waals surface area contributed by atoms with Crippen LogP contribution in [0.5, 0.6) is 0 Å². The molecule has 4 nitrogen and oxygen atoms in total. The van der Waals surface area contributed by atoms with Crippen molar-refractivity contribution in [3.63, 3.8) is 0 Å². The average molecular weight is 348 g/mol. The SMILES string of the molecule is CCOC(=O)C(CCCCCCCCc1ccccc1)C(=O)OCC. The molecule has 0 bridgehead atoms. The van der Waals surface area contributed by atoms with Crippen LogP contribution in [-0.2, 0) is 25.5 Å². The van der Waals surface area contributed by atoms with E-state index in [4.69, 9.17) is 9.47 Å². The summed E-state index contributed by atoms with van der Waals surface area (Å²) < 4.78 is 9.97. The van der Waals surface area contributed by atoms with Gasteiger partial charge in [-0.25, -0.2) is 0 Å². The third kappa shape index (κ3) is 9.28. The molecule has 4 heteroatoms. The lowest BCUT2D eigenvalue weighted by atomic mass is 9.99. The number of rotatable bonds is 13. The molecule has 1 rings (SSSR count). The first-order chi connectivity index (χ1) is 12.2. The fourth-order valence-corrected chi connectivity index (χ4v) is 2.85. The van der Waals surface area contributed by atoms with Gasteiger partial charge in [0, 0.05) is 0 Å². The van der Waals surface area contributed by atoms with E-state index in [1.165, 1.54) is 24.8 Å². The highest BCUT2D eigenvalue weighted by atomic mass is 16.6. The van der Waals surface area contributed by atoms with Crippen LogP contribution in [0.1, 0.15) is 64.4 Å². The van der Waals surface area contributed by atoms with Gasteiger partial charge in [-0.05, 0) is 38.7 Å². The lowest BCUT2D eigenvalue weighted by Gasteiger charge is -2.14. The van der Waals surface area contributed by atoms with Gasteiger partial charge in [-0.1, -0.05) is 62.4 Å². The summed E-state index contributed by atoms with van der Waals surface area (Å²) in [6.45, 7) is 4.07. The Morgan fingerprint density at radius 3 is 1.88 bits per heavy atom. The molecule has 0 unspecified atom stereocenters. The Kier molecular flexibility index (Phi) is 11.4. The molecule has 0 aromatic heterocycles. The van der Waals surface area contributed by atoms with Crippen molar-refractivity contribution in [2.45, 2.75) is 65.2 Å². The molecule has 0 saturated carbocycles. The normalized spacial score (nSPS) is 10.7. The Bertz CT molecular complexity index is 466. The second-order valence-corrected chi connectivity index (χ2v) is 6.20. The van der Waals surface area contributed by atoms with E-state index in [9.17, 15) is 9.59 Å². The van der Waals surface area contributed by atoms with Crippen molar-refractivity contribution in [1.29, 1.82) is 0 Å². The molecule has 0 atom stereocenters. The Labute approximate surface area is 151 Å². The average Bonchev–Trinajstić information content (AvgIpc) is 2.61. The van der Waals surface area contributed by atoms with Gasteiger partial charge in [0.1, 0.15) is 0 Å². The van der Waals surface area contributed by atoms with Gasteiger partial charge in [-0.3, -0.25) is 9.59 Å². The zero-order chi connectivity index (χ0) is 18.3. The summed E-state index contributed by atoms with van der Waals surface area (Å²) in [5.41, 5.74) is 1.40. The second kappa shape index (κ2) is 13.5. The predicted molar refractivity (Wildman–Crippen MR) is 99.2 cm³/mol. The maximum atomic E-state index is 11.9. The molecule has 25 heavy (non-hydrogen) atoms. The number of esters is 2. The van der Waals surface area contributed by atoms with E-state index in [2.05, 4.69) is 24.3 Å². The van der Waals surface area contributed by atoms with Gasteiger partial charge in [0.25, 0.3) is 0 Å². The second-order valence-electron chi connectivity index (χ2n) is 6.20. The lowest BCUT2D eigenvalue weighted by molar-refractivity contribution is -0.161. The molecular formula is C21H32O4. The number of unbranched alkanes of at least 4 members (excludes halogenated alkanes) is 5. The van der Waals surface area contributed by atoms with Crippen molar-refractivity contribution in [2.75, 3.05) is 13.2 Å². The summed E-state index contributed by atoms with van der Waals surface area (Å²) >= 11 is 0. The van der Waals surface area contributed by atoms with Gasteiger partial charge in [0.15, 0.2) is 5.92 Å². The van der Waals surface area contributed by atoms with Crippen LogP contribution in [0.25, 0.3) is 0 Å². The minimum Gasteiger partial charge on any atom is -0.465 e. The maximum Gasteiger partial charge on any atom is 0.320 e. The van der Waals surface area contributed by atoms with Crippen LogP contribution in [0.4, 0.5) is 0 Å². The first-order valence-electron chi connectivity index (χ1n) is 9.56. The van der Waals surface area contributed by atoms with Gasteiger partial charge in [0.2, 0.25) is 0 Å². The monoisotopic (exact) mass is 348 g/mol. The molecule has 140 valence electrons. The fraction of sp³-hybridized carbons (Fsp3) is 0.619. The Morgan fingerprint density at radius 1 is 0.800 bits per heavy atom. The van der Waals surface area contributed by atoms with Crippen molar-refractivity contribution in [3.8, 4) is 0 Å². The Morgan fingerprint density at radius 2 is 1.32 bits per heavy atom. The molecule has 1 aromatic rings. The highest BCUT2D eigenvalue weighted by Crippen LogP contribution is 2.16. The standard InChI is InChI=1S/C21H32O4/c1-3-24-20(22)19(21(23)25-4-2)17-13-8-6-5-7-10-14-18-15-11-9-12-16-18/h9,11-12,15-16,19H,3-8,10,13-14,17H2,1-2H3. The largest absolute Gasteiger partial charge is 0.465 e. The van der Waals surface area contributed by atoms with Crippen LogP contribution in [0.2, 0.25) is 0 Å². The van der Waals surface area contributed by atoms with Crippen molar-refractivity contribution < 1.29 is 19.1 Å². The lowest BCUT2D eigenvalue weighted by Crippen LogP contribution is -2.28. The van der Waals surface area contributed by atoms with E-state index < -0.39 is 17.9 Å². The van der Waals surface area contributed by atoms with Crippen LogP contribution in [0.3, 0.4) is 0 Å². The molecule has 0 radical (unpaired) electrons.